The fraction of sp³-hybridized carbons (Fsp3) is 0.350. The van der Waals surface area contributed by atoms with Gasteiger partial charge < -0.3 is 9.47 Å². The molecule has 1 amide bonds. The first-order valence-corrected chi connectivity index (χ1v) is 10.6. The number of aromatic nitrogens is 2. The van der Waals surface area contributed by atoms with E-state index in [1.807, 2.05) is 6.92 Å². The third-order valence-corrected chi connectivity index (χ3v) is 5.28. The molecule has 7 nitrogen and oxygen atoms in total. The molecular weight excluding hydrogens is 414 g/mol. The van der Waals surface area contributed by atoms with Crippen LogP contribution in [0.15, 0.2) is 28.4 Å². The highest BCUT2D eigenvalue weighted by Gasteiger charge is 2.18. The minimum Gasteiger partial charge on any atom is -0.490 e. The number of carbonyl (C=O) groups is 1. The van der Waals surface area contributed by atoms with Gasteiger partial charge in [0.1, 0.15) is 10.7 Å². The Kier molecular flexibility index (Phi) is 6.76. The fourth-order valence-corrected chi connectivity index (χ4v) is 3.80. The zero-order chi connectivity index (χ0) is 21.0. The second-order valence-corrected chi connectivity index (χ2v) is 7.60. The summed E-state index contributed by atoms with van der Waals surface area (Å²) in [6, 6.07) is 4.74. The molecule has 0 saturated heterocycles. The number of thiophene rings is 1. The molecule has 0 aliphatic heterocycles. The van der Waals surface area contributed by atoms with Crippen molar-refractivity contribution in [1.29, 1.82) is 0 Å². The summed E-state index contributed by atoms with van der Waals surface area (Å²) in [6.07, 6.45) is 1.86. The van der Waals surface area contributed by atoms with E-state index >= 15 is 0 Å². The molecule has 0 saturated carbocycles. The van der Waals surface area contributed by atoms with Crippen molar-refractivity contribution in [1.82, 2.24) is 9.66 Å². The van der Waals surface area contributed by atoms with Crippen LogP contribution < -0.4 is 20.5 Å². The Morgan fingerprint density at radius 3 is 2.83 bits per heavy atom. The summed E-state index contributed by atoms with van der Waals surface area (Å²) in [7, 11) is 0. The zero-order valence-electron chi connectivity index (χ0n) is 16.5. The highest BCUT2D eigenvalue weighted by atomic mass is 35.5. The second-order valence-electron chi connectivity index (χ2n) is 6.30. The van der Waals surface area contributed by atoms with E-state index in [1.54, 1.807) is 24.4 Å². The maximum absolute atomic E-state index is 12.8. The average Bonchev–Trinajstić information content (AvgIpc) is 3.15. The number of hydrogen-bond donors (Lipinski definition) is 1. The predicted octanol–water partition coefficient (Wildman–Crippen LogP) is 4.38. The summed E-state index contributed by atoms with van der Waals surface area (Å²) in [5.41, 5.74) is 2.51. The average molecular weight is 436 g/mol. The molecule has 9 heteroatoms. The Balaban J connectivity index is 1.92. The molecule has 2 heterocycles. The third kappa shape index (κ3) is 4.54. The fourth-order valence-electron chi connectivity index (χ4n) is 2.73. The lowest BCUT2D eigenvalue weighted by molar-refractivity contribution is 0.101. The van der Waals surface area contributed by atoms with E-state index in [0.29, 0.717) is 40.8 Å². The van der Waals surface area contributed by atoms with E-state index in [2.05, 4.69) is 17.3 Å². The number of hydrogen-bond acceptors (Lipinski definition) is 6. The van der Waals surface area contributed by atoms with Crippen LogP contribution in [-0.4, -0.2) is 28.8 Å². The van der Waals surface area contributed by atoms with Crippen molar-refractivity contribution in [2.75, 3.05) is 18.6 Å². The number of nitrogens with one attached hydrogen (secondary N) is 1. The van der Waals surface area contributed by atoms with Crippen molar-refractivity contribution in [2.45, 2.75) is 33.6 Å². The highest BCUT2D eigenvalue weighted by Crippen LogP contribution is 2.37. The van der Waals surface area contributed by atoms with Gasteiger partial charge >= 0.3 is 0 Å². The van der Waals surface area contributed by atoms with Crippen molar-refractivity contribution in [3.8, 4) is 11.5 Å². The maximum atomic E-state index is 12.8. The maximum Gasteiger partial charge on any atom is 0.281 e. The number of halogens is 1. The lowest BCUT2D eigenvalue weighted by Crippen LogP contribution is -2.35. The first kappa shape index (κ1) is 21.1. The van der Waals surface area contributed by atoms with Crippen LogP contribution in [0.3, 0.4) is 0 Å². The second kappa shape index (κ2) is 9.28. The van der Waals surface area contributed by atoms with Gasteiger partial charge in [0.15, 0.2) is 11.5 Å². The summed E-state index contributed by atoms with van der Waals surface area (Å²) in [4.78, 5) is 30.5. The minimum absolute atomic E-state index is 0.248. The van der Waals surface area contributed by atoms with E-state index in [1.165, 1.54) is 17.4 Å². The molecule has 0 bridgehead atoms. The number of amides is 1. The molecule has 0 fully saturated rings. The van der Waals surface area contributed by atoms with Crippen LogP contribution in [0.25, 0.3) is 10.2 Å². The van der Waals surface area contributed by atoms with Crippen LogP contribution in [0, 0.1) is 6.92 Å². The molecule has 0 spiro atoms. The van der Waals surface area contributed by atoms with E-state index in [-0.39, 0.29) is 16.1 Å². The van der Waals surface area contributed by atoms with Crippen molar-refractivity contribution in [3.63, 3.8) is 0 Å². The van der Waals surface area contributed by atoms with E-state index < -0.39 is 5.91 Å². The number of rotatable bonds is 8. The van der Waals surface area contributed by atoms with Gasteiger partial charge in [-0.3, -0.25) is 15.0 Å². The number of aryl methyl sites for hydroxylation is 1. The molecule has 3 aromatic rings. The molecule has 1 N–H and O–H groups in total. The largest absolute Gasteiger partial charge is 0.490 e. The number of unbranched alkanes of at least 4 members (excludes halogenated alkanes) is 1. The molecule has 0 aliphatic rings. The van der Waals surface area contributed by atoms with Gasteiger partial charge in [-0.2, -0.15) is 0 Å². The van der Waals surface area contributed by atoms with Crippen LogP contribution in [0.4, 0.5) is 0 Å². The molecule has 3 rings (SSSR count). The Morgan fingerprint density at radius 1 is 1.31 bits per heavy atom. The Bertz CT molecular complexity index is 1090. The lowest BCUT2D eigenvalue weighted by Gasteiger charge is -2.16. The summed E-state index contributed by atoms with van der Waals surface area (Å²) < 4.78 is 12.5. The molecular formula is C20H22ClN3O4S. The van der Waals surface area contributed by atoms with E-state index in [9.17, 15) is 9.59 Å². The van der Waals surface area contributed by atoms with Crippen LogP contribution in [-0.2, 0) is 0 Å². The molecule has 0 atom stereocenters. The SMILES string of the molecule is CCCCOc1c(Cl)cc(C(=O)Nn2c(C)nc3sccc3c2=O)cc1OCC. The standard InChI is InChI=1S/C20H22ClN3O4S/c1-4-6-8-28-17-15(21)10-13(11-16(17)27-5-2)18(25)23-24-12(3)22-19-14(20(24)26)7-9-29-19/h7,9-11H,4-6,8H2,1-3H3,(H,23,25). The number of benzene rings is 1. The molecule has 154 valence electrons. The van der Waals surface area contributed by atoms with Gasteiger partial charge in [-0.15, -0.1) is 11.3 Å². The normalized spacial score (nSPS) is 10.9. The summed E-state index contributed by atoms with van der Waals surface area (Å²) >= 11 is 7.73. The predicted molar refractivity (Wildman–Crippen MR) is 115 cm³/mol. The van der Waals surface area contributed by atoms with Gasteiger partial charge in [0.25, 0.3) is 11.5 Å². The topological polar surface area (TPSA) is 82.5 Å². The van der Waals surface area contributed by atoms with Crippen molar-refractivity contribution < 1.29 is 14.3 Å². The molecule has 0 aliphatic carbocycles. The van der Waals surface area contributed by atoms with Gasteiger partial charge in [0.05, 0.1) is 23.6 Å². The first-order chi connectivity index (χ1) is 14.0. The van der Waals surface area contributed by atoms with Gasteiger partial charge in [0.2, 0.25) is 0 Å². The smallest absolute Gasteiger partial charge is 0.281 e. The van der Waals surface area contributed by atoms with Gasteiger partial charge in [-0.05, 0) is 43.8 Å². The molecule has 1 aromatic carbocycles. The summed E-state index contributed by atoms with van der Waals surface area (Å²) in [6.45, 7) is 6.45. The number of fused-ring (bicyclic) bond motifs is 1. The Hall–Kier alpha value is -2.58. The Labute approximate surface area is 177 Å². The third-order valence-electron chi connectivity index (χ3n) is 4.19. The number of carbonyl (C=O) groups excluding carboxylic acids is 1. The lowest BCUT2D eigenvalue weighted by atomic mass is 10.2. The molecule has 0 radical (unpaired) electrons. The monoisotopic (exact) mass is 435 g/mol. The van der Waals surface area contributed by atoms with Crippen molar-refractivity contribution in [3.05, 3.63) is 50.3 Å². The number of ether oxygens (including phenoxy) is 2. The van der Waals surface area contributed by atoms with E-state index in [4.69, 9.17) is 21.1 Å². The highest BCUT2D eigenvalue weighted by molar-refractivity contribution is 7.16. The summed E-state index contributed by atoms with van der Waals surface area (Å²) in [5.74, 6) is 0.674. The van der Waals surface area contributed by atoms with Crippen LogP contribution in [0.2, 0.25) is 5.02 Å². The first-order valence-electron chi connectivity index (χ1n) is 9.33. The van der Waals surface area contributed by atoms with Crippen LogP contribution in [0.1, 0.15) is 42.9 Å². The van der Waals surface area contributed by atoms with E-state index in [0.717, 1.165) is 17.5 Å². The van der Waals surface area contributed by atoms with Crippen molar-refractivity contribution >= 4 is 39.1 Å². The Morgan fingerprint density at radius 2 is 2.10 bits per heavy atom. The van der Waals surface area contributed by atoms with Gasteiger partial charge in [0, 0.05) is 5.56 Å². The van der Waals surface area contributed by atoms with Gasteiger partial charge in [-0.1, -0.05) is 24.9 Å². The molecule has 0 unspecified atom stereocenters. The quantitative estimate of drug-likeness (QED) is 0.531. The molecule has 29 heavy (non-hydrogen) atoms. The van der Waals surface area contributed by atoms with Crippen LogP contribution in [0.5, 0.6) is 11.5 Å². The van der Waals surface area contributed by atoms with Crippen LogP contribution >= 0.6 is 22.9 Å². The molecule has 2 aromatic heterocycles. The zero-order valence-corrected chi connectivity index (χ0v) is 18.0. The van der Waals surface area contributed by atoms with Gasteiger partial charge in [-0.25, -0.2) is 9.66 Å². The number of nitrogens with zero attached hydrogens (tertiary/aromatic N) is 2. The van der Waals surface area contributed by atoms with Crippen molar-refractivity contribution in [2.24, 2.45) is 0 Å². The summed E-state index contributed by atoms with van der Waals surface area (Å²) in [5, 5.41) is 2.51. The minimum atomic E-state index is -0.505.